The maximum Gasteiger partial charge on any atom is 0.261 e. The molecule has 2 saturated heterocycles. The number of likely N-dealkylation sites (tertiary alicyclic amines) is 2. The van der Waals surface area contributed by atoms with Crippen molar-refractivity contribution in [2.75, 3.05) is 6.61 Å². The van der Waals surface area contributed by atoms with E-state index in [9.17, 15) is 9.59 Å². The normalized spacial score (nSPS) is 30.3. The molecule has 1 saturated carbocycles. The van der Waals surface area contributed by atoms with E-state index in [0.29, 0.717) is 0 Å². The Labute approximate surface area is 196 Å². The van der Waals surface area contributed by atoms with Gasteiger partial charge in [-0.05, 0) is 56.7 Å². The molecule has 0 spiro atoms. The van der Waals surface area contributed by atoms with Crippen molar-refractivity contribution >= 4 is 11.8 Å². The molecule has 1 aliphatic carbocycles. The predicted molar refractivity (Wildman–Crippen MR) is 128 cm³/mol. The van der Waals surface area contributed by atoms with Crippen LogP contribution in [0.25, 0.3) is 0 Å². The van der Waals surface area contributed by atoms with Crippen LogP contribution in [0.4, 0.5) is 0 Å². The number of carbonyl (C=O) groups excluding carboxylic acids is 2. The fraction of sp³-hybridized carbons (Fsp3) is 0.500. The average Bonchev–Trinajstić information content (AvgIpc) is 3.11. The van der Waals surface area contributed by atoms with Gasteiger partial charge in [-0.25, -0.2) is 0 Å². The van der Waals surface area contributed by atoms with Gasteiger partial charge in [-0.3, -0.25) is 9.59 Å². The molecule has 2 aliphatic heterocycles. The number of hydrogen-bond acceptors (Lipinski definition) is 3. The molecular weight excluding hydrogens is 412 g/mol. The minimum Gasteiger partial charge on any atom is -0.484 e. The molecule has 5 nitrogen and oxygen atoms in total. The lowest BCUT2D eigenvalue weighted by atomic mass is 9.64. The van der Waals surface area contributed by atoms with Crippen LogP contribution in [0, 0.1) is 12.3 Å². The molecule has 174 valence electrons. The van der Waals surface area contributed by atoms with Gasteiger partial charge in [0.05, 0.1) is 12.1 Å². The van der Waals surface area contributed by atoms with Crippen molar-refractivity contribution in [2.24, 2.45) is 5.41 Å². The first-order valence-corrected chi connectivity index (χ1v) is 12.2. The zero-order valence-electron chi connectivity index (χ0n) is 19.9. The molecule has 2 heterocycles. The standard InChI is InChI=1S/C28H34N2O3/c1-19-12-14-22(15-13-19)33-18-27(32)30-24-17-28(3)25(10-7-11-26(28)30)29(20(2)31)23(24)16-21-8-5-4-6-9-21/h4-6,8-9,12-15,23-26H,7,10-11,16-18H2,1-3H3/t23-,24-,25+,26-,28+/m0/s1. The summed E-state index contributed by atoms with van der Waals surface area (Å²) in [5.74, 6) is 0.885. The van der Waals surface area contributed by atoms with Crippen LogP contribution in [-0.4, -0.2) is 52.4 Å². The van der Waals surface area contributed by atoms with Crippen molar-refractivity contribution in [3.63, 3.8) is 0 Å². The molecule has 2 amide bonds. The minimum absolute atomic E-state index is 0.00519. The van der Waals surface area contributed by atoms with Gasteiger partial charge in [0.25, 0.3) is 5.91 Å². The lowest BCUT2D eigenvalue weighted by molar-refractivity contribution is -0.143. The van der Waals surface area contributed by atoms with Gasteiger partial charge < -0.3 is 14.5 Å². The van der Waals surface area contributed by atoms with E-state index in [0.717, 1.165) is 43.4 Å². The fourth-order valence-corrected chi connectivity index (χ4v) is 6.85. The molecule has 33 heavy (non-hydrogen) atoms. The Balaban J connectivity index is 1.45. The van der Waals surface area contributed by atoms with Crippen molar-refractivity contribution < 1.29 is 14.3 Å². The van der Waals surface area contributed by atoms with E-state index in [4.69, 9.17) is 4.74 Å². The van der Waals surface area contributed by atoms with E-state index in [-0.39, 0.29) is 48.0 Å². The summed E-state index contributed by atoms with van der Waals surface area (Å²) in [4.78, 5) is 30.9. The van der Waals surface area contributed by atoms with Gasteiger partial charge in [-0.15, -0.1) is 0 Å². The number of amides is 2. The Hall–Kier alpha value is -2.82. The molecule has 2 bridgehead atoms. The second-order valence-corrected chi connectivity index (χ2v) is 10.3. The largest absolute Gasteiger partial charge is 0.484 e. The van der Waals surface area contributed by atoms with Crippen LogP contribution in [0.3, 0.4) is 0 Å². The van der Waals surface area contributed by atoms with Crippen LogP contribution in [-0.2, 0) is 16.0 Å². The number of benzene rings is 2. The molecular formula is C28H34N2O3. The number of nitrogens with zero attached hydrogens (tertiary/aromatic N) is 2. The molecule has 5 rings (SSSR count). The van der Waals surface area contributed by atoms with Crippen molar-refractivity contribution in [3.8, 4) is 5.75 Å². The number of fused-ring (bicyclic) bond motifs is 1. The quantitative estimate of drug-likeness (QED) is 0.685. The highest BCUT2D eigenvalue weighted by Gasteiger charge is 2.64. The van der Waals surface area contributed by atoms with Gasteiger partial charge in [-0.2, -0.15) is 0 Å². The van der Waals surface area contributed by atoms with Gasteiger partial charge in [0, 0.05) is 24.4 Å². The molecule has 5 atom stereocenters. The zero-order valence-corrected chi connectivity index (χ0v) is 19.9. The highest BCUT2D eigenvalue weighted by molar-refractivity contribution is 5.80. The topological polar surface area (TPSA) is 49.9 Å². The van der Waals surface area contributed by atoms with Gasteiger partial charge in [0.1, 0.15) is 5.75 Å². The van der Waals surface area contributed by atoms with Crippen LogP contribution in [0.1, 0.15) is 50.7 Å². The summed E-state index contributed by atoms with van der Waals surface area (Å²) < 4.78 is 5.91. The Bertz CT molecular complexity index is 1020. The first-order chi connectivity index (χ1) is 15.9. The average molecular weight is 447 g/mol. The number of ether oxygens (including phenoxy) is 1. The number of hydrogen-bond donors (Lipinski definition) is 0. The maximum atomic E-state index is 13.6. The van der Waals surface area contributed by atoms with E-state index in [1.807, 2.05) is 49.4 Å². The molecule has 5 heteroatoms. The molecule has 0 radical (unpaired) electrons. The monoisotopic (exact) mass is 446 g/mol. The number of piperidine rings is 1. The lowest BCUT2D eigenvalue weighted by Crippen LogP contribution is -2.62. The summed E-state index contributed by atoms with van der Waals surface area (Å²) >= 11 is 0. The summed E-state index contributed by atoms with van der Waals surface area (Å²) in [5, 5.41) is 0. The molecule has 2 aromatic rings. The van der Waals surface area contributed by atoms with Gasteiger partial charge in [-0.1, -0.05) is 55.0 Å². The minimum atomic E-state index is -0.0543. The van der Waals surface area contributed by atoms with Gasteiger partial charge >= 0.3 is 0 Å². The van der Waals surface area contributed by atoms with Gasteiger partial charge in [0.2, 0.25) is 5.91 Å². The number of rotatable bonds is 5. The lowest BCUT2D eigenvalue weighted by Gasteiger charge is -2.52. The summed E-state index contributed by atoms with van der Waals surface area (Å²) in [6.45, 7) is 6.07. The van der Waals surface area contributed by atoms with E-state index < -0.39 is 0 Å². The predicted octanol–water partition coefficient (Wildman–Crippen LogP) is 4.38. The Kier molecular flexibility index (Phi) is 5.67. The fourth-order valence-electron chi connectivity index (χ4n) is 6.85. The molecule has 0 aromatic heterocycles. The van der Waals surface area contributed by atoms with Crippen molar-refractivity contribution in [1.82, 2.24) is 9.80 Å². The second kappa shape index (κ2) is 8.51. The third kappa shape index (κ3) is 3.81. The maximum absolute atomic E-state index is 13.6. The summed E-state index contributed by atoms with van der Waals surface area (Å²) in [6, 6.07) is 18.6. The second-order valence-electron chi connectivity index (χ2n) is 10.3. The molecule has 2 aromatic carbocycles. The van der Waals surface area contributed by atoms with E-state index in [1.54, 1.807) is 6.92 Å². The molecule has 3 aliphatic rings. The molecule has 3 fully saturated rings. The Morgan fingerprint density at radius 3 is 2.33 bits per heavy atom. The van der Waals surface area contributed by atoms with Crippen molar-refractivity contribution in [3.05, 3.63) is 65.7 Å². The van der Waals surface area contributed by atoms with Gasteiger partial charge in [0.15, 0.2) is 6.61 Å². The van der Waals surface area contributed by atoms with Crippen LogP contribution in [0.15, 0.2) is 54.6 Å². The summed E-state index contributed by atoms with van der Waals surface area (Å²) in [5.41, 5.74) is 2.32. The van der Waals surface area contributed by atoms with E-state index in [2.05, 4.69) is 28.9 Å². The first kappa shape index (κ1) is 22.0. The smallest absolute Gasteiger partial charge is 0.261 e. The SMILES string of the molecule is CC(=O)N1[C@@H](Cc2ccccc2)[C@@H]2C[C@@]3(C)[C@H](CCC[C@@H]13)N2C(=O)COc1ccc(C)cc1. The van der Waals surface area contributed by atoms with E-state index in [1.165, 1.54) is 5.56 Å². The summed E-state index contributed by atoms with van der Waals surface area (Å²) in [7, 11) is 0. The Morgan fingerprint density at radius 2 is 1.67 bits per heavy atom. The van der Waals surface area contributed by atoms with Crippen LogP contribution in [0.5, 0.6) is 5.75 Å². The Morgan fingerprint density at radius 1 is 1.00 bits per heavy atom. The highest BCUT2D eigenvalue weighted by atomic mass is 16.5. The van der Waals surface area contributed by atoms with Crippen LogP contribution >= 0.6 is 0 Å². The van der Waals surface area contributed by atoms with E-state index >= 15 is 0 Å². The third-order valence-corrected chi connectivity index (χ3v) is 8.28. The van der Waals surface area contributed by atoms with Crippen molar-refractivity contribution in [1.29, 1.82) is 0 Å². The third-order valence-electron chi connectivity index (χ3n) is 8.28. The number of aryl methyl sites for hydroxylation is 1. The van der Waals surface area contributed by atoms with Crippen LogP contribution < -0.4 is 4.74 Å². The zero-order chi connectivity index (χ0) is 23.2. The molecule has 0 unspecified atom stereocenters. The summed E-state index contributed by atoms with van der Waals surface area (Å²) in [6.07, 6.45) is 4.80. The number of carbonyl (C=O) groups is 2. The molecule has 0 N–H and O–H groups in total. The highest BCUT2D eigenvalue weighted by Crippen LogP contribution is 2.56. The first-order valence-electron chi connectivity index (χ1n) is 12.2. The van der Waals surface area contributed by atoms with Crippen molar-refractivity contribution in [2.45, 2.75) is 77.0 Å². The van der Waals surface area contributed by atoms with Crippen LogP contribution in [0.2, 0.25) is 0 Å².